The molecule has 7 rings (SSSR count). The highest BCUT2D eigenvalue weighted by molar-refractivity contribution is 5.78. The van der Waals surface area contributed by atoms with Crippen molar-refractivity contribution in [2.75, 3.05) is 27.9 Å². The van der Waals surface area contributed by atoms with E-state index in [0.717, 1.165) is 18.4 Å². The number of carbonyl (C=O) groups is 2. The van der Waals surface area contributed by atoms with Crippen LogP contribution in [0.5, 0.6) is 0 Å². The second-order valence-electron chi connectivity index (χ2n) is 19.7. The number of hydrogen-bond donors (Lipinski definition) is 2. The molecule has 0 aromatic rings. The smallest absolute Gasteiger partial charge is 0.316 e. The van der Waals surface area contributed by atoms with Crippen LogP contribution in [0, 0.1) is 23.7 Å². The second-order valence-corrected chi connectivity index (χ2v) is 19.7. The number of methoxy groups -OCH3 is 2. The van der Waals surface area contributed by atoms with Crippen molar-refractivity contribution in [1.82, 2.24) is 4.90 Å². The SMILES string of the molecule is CC[C@H](C)[C@H]1O[C@]2(C=C[C@@H]1C)C[C@@H]1C[C@@H](C/C=C(\C)C(O[C@H]3C[C@H](OC)C(O[C@H]4C[C@H](OC)[C@H](N(C)C=O)[C@H](C)O4)[C@H](C)O3)[C@@H](C)/C=C/C=C3\CO[C@@H]4[C@H](O)C(C)=C[C@@H](C(=O)O1)[C@]34O)O2. The average molecular weight is 914 g/mol. The van der Waals surface area contributed by atoms with Crippen molar-refractivity contribution in [3.63, 3.8) is 0 Å². The lowest BCUT2D eigenvalue weighted by atomic mass is 9.71. The molecule has 2 N–H and O–H groups in total. The minimum absolute atomic E-state index is 0.0275. The predicted octanol–water partition coefficient (Wildman–Crippen LogP) is 5.47. The highest BCUT2D eigenvalue weighted by atomic mass is 16.7. The Labute approximate surface area is 385 Å². The maximum atomic E-state index is 14.4. The molecule has 20 atom stereocenters. The molecule has 65 heavy (non-hydrogen) atoms. The minimum atomic E-state index is -1.84. The average Bonchev–Trinajstić information content (AvgIpc) is 3.62. The van der Waals surface area contributed by atoms with Gasteiger partial charge in [-0.25, -0.2) is 0 Å². The summed E-state index contributed by atoms with van der Waals surface area (Å²) in [5.74, 6) is -2.59. The Morgan fingerprint density at radius 3 is 2.35 bits per heavy atom. The van der Waals surface area contributed by atoms with E-state index in [9.17, 15) is 19.8 Å². The zero-order chi connectivity index (χ0) is 47.0. The van der Waals surface area contributed by atoms with Gasteiger partial charge in [-0.05, 0) is 62.8 Å². The number of fused-ring (bicyclic) bond motifs is 2. The number of esters is 1. The highest BCUT2D eigenvalue weighted by Gasteiger charge is 2.60. The van der Waals surface area contributed by atoms with Crippen LogP contribution in [-0.2, 0) is 57.0 Å². The number of aliphatic hydroxyl groups excluding tert-OH is 1. The van der Waals surface area contributed by atoms with Crippen molar-refractivity contribution < 1.29 is 67.2 Å². The third-order valence-corrected chi connectivity index (χ3v) is 15.1. The fraction of sp³-hybridized carbons (Fsp3) is 0.760. The summed E-state index contributed by atoms with van der Waals surface area (Å²) in [6.45, 7) is 16.2. The fourth-order valence-electron chi connectivity index (χ4n) is 11.2. The van der Waals surface area contributed by atoms with Gasteiger partial charge in [0, 0.05) is 58.8 Å². The number of likely N-dealkylation sites (N-methyl/N-ethyl adjacent to an activating group) is 1. The van der Waals surface area contributed by atoms with Gasteiger partial charge in [0.25, 0.3) is 0 Å². The lowest BCUT2D eigenvalue weighted by Gasteiger charge is -2.48. The molecule has 15 heteroatoms. The predicted molar refractivity (Wildman–Crippen MR) is 239 cm³/mol. The number of rotatable bonds is 10. The minimum Gasteiger partial charge on any atom is -0.462 e. The molecule has 2 bridgehead atoms. The molecule has 2 unspecified atom stereocenters. The van der Waals surface area contributed by atoms with Crippen molar-refractivity contribution >= 4 is 12.4 Å². The third-order valence-electron chi connectivity index (χ3n) is 15.1. The first-order valence-electron chi connectivity index (χ1n) is 23.8. The number of ether oxygens (including phenoxy) is 10. The van der Waals surface area contributed by atoms with Crippen LogP contribution < -0.4 is 0 Å². The van der Waals surface area contributed by atoms with Gasteiger partial charge in [0.2, 0.25) is 6.41 Å². The van der Waals surface area contributed by atoms with Crippen LogP contribution in [-0.4, -0.2) is 153 Å². The summed E-state index contributed by atoms with van der Waals surface area (Å²) in [4.78, 5) is 27.6. The van der Waals surface area contributed by atoms with E-state index in [4.69, 9.17) is 47.4 Å². The maximum absolute atomic E-state index is 14.4. The molecular weight excluding hydrogens is 839 g/mol. The van der Waals surface area contributed by atoms with Crippen molar-refractivity contribution in [3.8, 4) is 0 Å². The quantitative estimate of drug-likeness (QED) is 0.161. The van der Waals surface area contributed by atoms with Gasteiger partial charge in [0.1, 0.15) is 35.9 Å². The fourth-order valence-corrected chi connectivity index (χ4v) is 11.2. The summed E-state index contributed by atoms with van der Waals surface area (Å²) in [6.07, 6.45) is 10.3. The first-order chi connectivity index (χ1) is 30.9. The van der Waals surface area contributed by atoms with Crippen molar-refractivity contribution in [2.24, 2.45) is 23.7 Å². The lowest BCUT2D eigenvalue weighted by Crippen LogP contribution is -2.58. The Kier molecular flexibility index (Phi) is 16.0. The molecule has 1 amide bonds. The van der Waals surface area contributed by atoms with Crippen LogP contribution in [0.2, 0.25) is 0 Å². The van der Waals surface area contributed by atoms with E-state index in [0.29, 0.717) is 36.8 Å². The number of carbonyl (C=O) groups excluding carboxylic acids is 2. The standard InChI is InChI=1S/C50H75NO14/c1-12-27(2)45-30(5)18-19-49(65-45)24-36-21-35(64-49)17-16-29(4)44(28(3)14-13-15-34-25-58-47-43(53)31(6)20-37(48(54)61-36)50(34,47)55)62-41-23-39(57-11)46(33(8)60-41)63-40-22-38(56-10)42(32(7)59-40)51(9)26-52/h13-16,18-20,26-28,30,32-33,35-47,53,55H,12,17,21-25H2,1-11H3/b14-13+,29-16+,34-15+/t27-,28-,30-,32-,33-,35+,36-,37-,38-,39-,40-,41-,42+,43+,44?,45+,46?,47+,49+,50+/m0/s1. The number of allylic oxidation sites excluding steroid dienone is 2. The van der Waals surface area contributed by atoms with Crippen LogP contribution in [0.15, 0.2) is 59.3 Å². The van der Waals surface area contributed by atoms with Crippen LogP contribution >= 0.6 is 0 Å². The molecule has 364 valence electrons. The van der Waals surface area contributed by atoms with Gasteiger partial charge < -0.3 is 62.5 Å². The van der Waals surface area contributed by atoms with Gasteiger partial charge in [0.05, 0.1) is 55.4 Å². The van der Waals surface area contributed by atoms with Crippen LogP contribution in [0.3, 0.4) is 0 Å². The molecule has 0 saturated carbocycles. The molecule has 0 aromatic carbocycles. The molecule has 6 aliphatic heterocycles. The zero-order valence-electron chi connectivity index (χ0n) is 40.2. The van der Waals surface area contributed by atoms with Gasteiger partial charge in [-0.2, -0.15) is 0 Å². The van der Waals surface area contributed by atoms with Gasteiger partial charge in [-0.3, -0.25) is 9.59 Å². The first kappa shape index (κ1) is 50.1. The largest absolute Gasteiger partial charge is 0.462 e. The Balaban J connectivity index is 1.17. The van der Waals surface area contributed by atoms with Crippen molar-refractivity contribution in [3.05, 3.63) is 59.3 Å². The zero-order valence-corrected chi connectivity index (χ0v) is 40.2. The molecule has 0 aromatic heterocycles. The normalized spacial score (nSPS) is 47.3. The van der Waals surface area contributed by atoms with E-state index in [1.165, 1.54) is 0 Å². The molecule has 1 aliphatic carbocycles. The molecule has 1 spiro atoms. The Bertz CT molecular complexity index is 1830. The topological polar surface area (TPSA) is 170 Å². The third kappa shape index (κ3) is 10.3. The summed E-state index contributed by atoms with van der Waals surface area (Å²) < 4.78 is 64.5. The maximum Gasteiger partial charge on any atom is 0.316 e. The second kappa shape index (κ2) is 20.8. The van der Waals surface area contributed by atoms with Crippen LogP contribution in [0.4, 0.5) is 0 Å². The number of amides is 1. The Morgan fingerprint density at radius 1 is 0.938 bits per heavy atom. The van der Waals surface area contributed by atoms with Crippen molar-refractivity contribution in [2.45, 2.75) is 191 Å². The monoisotopic (exact) mass is 914 g/mol. The molecule has 4 saturated heterocycles. The Hall–Kier alpha value is -2.80. The molecule has 6 heterocycles. The molecule has 15 nitrogen and oxygen atoms in total. The summed E-state index contributed by atoms with van der Waals surface area (Å²) in [6, 6.07) is -0.259. The van der Waals surface area contributed by atoms with Gasteiger partial charge in [-0.1, -0.05) is 70.6 Å². The lowest BCUT2D eigenvalue weighted by molar-refractivity contribution is -0.314. The Morgan fingerprint density at radius 2 is 1.65 bits per heavy atom. The summed E-state index contributed by atoms with van der Waals surface area (Å²) in [5, 5.41) is 23.8. The van der Waals surface area contributed by atoms with Gasteiger partial charge >= 0.3 is 5.97 Å². The van der Waals surface area contributed by atoms with Crippen LogP contribution in [0.25, 0.3) is 0 Å². The number of nitrogens with zero attached hydrogens (tertiary/aromatic N) is 1. The van der Waals surface area contributed by atoms with E-state index in [1.807, 2.05) is 39.0 Å². The van der Waals surface area contributed by atoms with E-state index in [-0.39, 0.29) is 55.1 Å². The summed E-state index contributed by atoms with van der Waals surface area (Å²) in [5.41, 5.74) is 0.119. The summed E-state index contributed by atoms with van der Waals surface area (Å²) in [7, 11) is 5.00. The van der Waals surface area contributed by atoms with Crippen LogP contribution in [0.1, 0.15) is 93.9 Å². The van der Waals surface area contributed by atoms with Gasteiger partial charge in [-0.15, -0.1) is 0 Å². The molecular formula is C50H75NO14. The van der Waals surface area contributed by atoms with E-state index in [2.05, 4.69) is 39.8 Å². The molecule has 0 radical (unpaired) electrons. The number of hydrogen-bond acceptors (Lipinski definition) is 14. The van der Waals surface area contributed by atoms with E-state index < -0.39 is 84.7 Å². The first-order valence-corrected chi connectivity index (χ1v) is 23.8. The molecule has 7 aliphatic rings. The van der Waals surface area contributed by atoms with E-state index in [1.54, 1.807) is 45.2 Å². The molecule has 4 fully saturated rings. The number of aliphatic hydroxyl groups is 2. The van der Waals surface area contributed by atoms with Crippen molar-refractivity contribution in [1.29, 1.82) is 0 Å². The van der Waals surface area contributed by atoms with Gasteiger partial charge in [0.15, 0.2) is 18.4 Å². The summed E-state index contributed by atoms with van der Waals surface area (Å²) >= 11 is 0. The van der Waals surface area contributed by atoms with E-state index >= 15 is 0 Å². The highest BCUT2D eigenvalue weighted by Crippen LogP contribution is 2.47.